The van der Waals surface area contributed by atoms with Crippen LogP contribution in [0.25, 0.3) is 0 Å². The average Bonchev–Trinajstić information content (AvgIpc) is 2.34. The summed E-state index contributed by atoms with van der Waals surface area (Å²) in [5.41, 5.74) is 0.791. The van der Waals surface area contributed by atoms with Crippen molar-refractivity contribution in [2.75, 3.05) is 11.9 Å². The lowest BCUT2D eigenvalue weighted by molar-refractivity contribution is -0.384. The number of hydrogen-bond acceptors (Lipinski definition) is 5. The maximum Gasteiger partial charge on any atom is 0.292 e. The Morgan fingerprint density at radius 3 is 2.60 bits per heavy atom. The molecule has 0 aliphatic carbocycles. The molecular formula is C14H22N2O4. The zero-order valence-electron chi connectivity index (χ0n) is 12.1. The lowest BCUT2D eigenvalue weighted by Crippen LogP contribution is -2.27. The Kier molecular flexibility index (Phi) is 5.47. The summed E-state index contributed by atoms with van der Waals surface area (Å²) in [6.07, 6.45) is 0.165. The summed E-state index contributed by atoms with van der Waals surface area (Å²) < 4.78 is 0. The molecule has 0 spiro atoms. The van der Waals surface area contributed by atoms with Crippen LogP contribution in [0.5, 0.6) is 0 Å². The molecule has 3 N–H and O–H groups in total. The third-order valence-corrected chi connectivity index (χ3v) is 3.05. The molecule has 1 unspecified atom stereocenters. The van der Waals surface area contributed by atoms with E-state index in [2.05, 4.69) is 5.32 Å². The third-order valence-electron chi connectivity index (χ3n) is 3.05. The SMILES string of the molecule is CC(O)CC(C)(C)CNc1cc(CO)ccc1[N+](=O)[O-]. The van der Waals surface area contributed by atoms with Gasteiger partial charge in [-0.3, -0.25) is 10.1 Å². The van der Waals surface area contributed by atoms with Crippen LogP contribution in [0.4, 0.5) is 11.4 Å². The van der Waals surface area contributed by atoms with Crippen LogP contribution < -0.4 is 5.32 Å². The van der Waals surface area contributed by atoms with Crippen molar-refractivity contribution in [1.82, 2.24) is 0 Å². The first-order chi connectivity index (χ1) is 9.25. The summed E-state index contributed by atoms with van der Waals surface area (Å²) >= 11 is 0. The summed E-state index contributed by atoms with van der Waals surface area (Å²) in [7, 11) is 0. The summed E-state index contributed by atoms with van der Waals surface area (Å²) in [6.45, 7) is 6.01. The van der Waals surface area contributed by atoms with Crippen molar-refractivity contribution in [3.8, 4) is 0 Å². The van der Waals surface area contributed by atoms with Gasteiger partial charge in [-0.05, 0) is 36.5 Å². The summed E-state index contributed by atoms with van der Waals surface area (Å²) in [5.74, 6) is 0. The van der Waals surface area contributed by atoms with Gasteiger partial charge in [0, 0.05) is 12.6 Å². The number of aliphatic hydroxyl groups is 2. The fraction of sp³-hybridized carbons (Fsp3) is 0.571. The highest BCUT2D eigenvalue weighted by molar-refractivity contribution is 5.62. The quantitative estimate of drug-likeness (QED) is 0.527. The van der Waals surface area contributed by atoms with E-state index in [1.165, 1.54) is 12.1 Å². The van der Waals surface area contributed by atoms with E-state index in [1.54, 1.807) is 13.0 Å². The van der Waals surface area contributed by atoms with Crippen LogP contribution in [0, 0.1) is 15.5 Å². The minimum atomic E-state index is -0.453. The van der Waals surface area contributed by atoms with Gasteiger partial charge in [-0.1, -0.05) is 13.8 Å². The van der Waals surface area contributed by atoms with Gasteiger partial charge in [0.25, 0.3) is 5.69 Å². The second kappa shape index (κ2) is 6.67. The van der Waals surface area contributed by atoms with Gasteiger partial charge >= 0.3 is 0 Å². The van der Waals surface area contributed by atoms with Crippen molar-refractivity contribution in [2.24, 2.45) is 5.41 Å². The summed E-state index contributed by atoms with van der Waals surface area (Å²) in [6, 6.07) is 4.50. The molecule has 1 rings (SSSR count). The third kappa shape index (κ3) is 4.79. The monoisotopic (exact) mass is 282 g/mol. The summed E-state index contributed by atoms with van der Waals surface area (Å²) in [5, 5.41) is 32.6. The Morgan fingerprint density at radius 1 is 1.45 bits per heavy atom. The molecule has 20 heavy (non-hydrogen) atoms. The molecule has 0 saturated carbocycles. The average molecular weight is 282 g/mol. The van der Waals surface area contributed by atoms with Crippen molar-refractivity contribution >= 4 is 11.4 Å². The van der Waals surface area contributed by atoms with E-state index in [1.807, 2.05) is 13.8 Å². The lowest BCUT2D eigenvalue weighted by Gasteiger charge is -2.26. The zero-order chi connectivity index (χ0) is 15.3. The van der Waals surface area contributed by atoms with Gasteiger partial charge in [-0.2, -0.15) is 0 Å². The van der Waals surface area contributed by atoms with Crippen molar-refractivity contribution < 1.29 is 15.1 Å². The first-order valence-corrected chi connectivity index (χ1v) is 6.55. The van der Waals surface area contributed by atoms with E-state index in [0.29, 0.717) is 24.2 Å². The molecule has 1 aromatic carbocycles. The van der Waals surface area contributed by atoms with Crippen LogP contribution >= 0.6 is 0 Å². The number of anilines is 1. The normalized spacial score (nSPS) is 13.1. The number of nitrogens with zero attached hydrogens (tertiary/aromatic N) is 1. The fourth-order valence-electron chi connectivity index (χ4n) is 2.19. The largest absolute Gasteiger partial charge is 0.393 e. The van der Waals surface area contributed by atoms with Crippen molar-refractivity contribution in [3.05, 3.63) is 33.9 Å². The van der Waals surface area contributed by atoms with Crippen molar-refractivity contribution in [3.63, 3.8) is 0 Å². The molecule has 0 amide bonds. The minimum Gasteiger partial charge on any atom is -0.393 e. The number of rotatable bonds is 7. The Labute approximate surface area is 118 Å². The van der Waals surface area contributed by atoms with E-state index < -0.39 is 11.0 Å². The predicted octanol–water partition coefficient (Wildman–Crippen LogP) is 2.30. The van der Waals surface area contributed by atoms with Crippen LogP contribution in [-0.4, -0.2) is 27.8 Å². The van der Waals surface area contributed by atoms with Gasteiger partial charge in [0.05, 0.1) is 17.6 Å². The van der Waals surface area contributed by atoms with Crippen LogP contribution in [0.2, 0.25) is 0 Å². The minimum absolute atomic E-state index is 0.0185. The smallest absolute Gasteiger partial charge is 0.292 e. The zero-order valence-corrected chi connectivity index (χ0v) is 12.1. The molecule has 6 heteroatoms. The Morgan fingerprint density at radius 2 is 2.10 bits per heavy atom. The number of hydrogen-bond donors (Lipinski definition) is 3. The highest BCUT2D eigenvalue weighted by atomic mass is 16.6. The van der Waals surface area contributed by atoms with Crippen molar-refractivity contribution in [2.45, 2.75) is 39.9 Å². The van der Waals surface area contributed by atoms with E-state index >= 15 is 0 Å². The van der Waals surface area contributed by atoms with Gasteiger partial charge < -0.3 is 15.5 Å². The summed E-state index contributed by atoms with van der Waals surface area (Å²) in [4.78, 5) is 10.5. The molecule has 0 aromatic heterocycles. The van der Waals surface area contributed by atoms with Gasteiger partial charge in [0.15, 0.2) is 0 Å². The molecular weight excluding hydrogens is 260 g/mol. The molecule has 0 aliphatic rings. The van der Waals surface area contributed by atoms with Gasteiger partial charge in [0.2, 0.25) is 0 Å². The van der Waals surface area contributed by atoms with Crippen LogP contribution in [-0.2, 0) is 6.61 Å². The van der Waals surface area contributed by atoms with E-state index in [0.717, 1.165) is 0 Å². The molecule has 0 radical (unpaired) electrons. The number of nitro benzene ring substituents is 1. The molecule has 0 bridgehead atoms. The molecule has 0 saturated heterocycles. The molecule has 6 nitrogen and oxygen atoms in total. The van der Waals surface area contributed by atoms with Gasteiger partial charge in [-0.25, -0.2) is 0 Å². The maximum absolute atomic E-state index is 11.0. The molecule has 1 atom stereocenters. The maximum atomic E-state index is 11.0. The topological polar surface area (TPSA) is 95.6 Å². The fourth-order valence-corrected chi connectivity index (χ4v) is 2.19. The molecule has 0 fully saturated rings. The Balaban J connectivity index is 2.87. The first-order valence-electron chi connectivity index (χ1n) is 6.55. The highest BCUT2D eigenvalue weighted by Gasteiger charge is 2.22. The van der Waals surface area contributed by atoms with Crippen molar-refractivity contribution in [1.29, 1.82) is 0 Å². The number of nitrogens with one attached hydrogen (secondary N) is 1. The number of aliphatic hydroxyl groups excluding tert-OH is 2. The predicted molar refractivity (Wildman–Crippen MR) is 77.6 cm³/mol. The number of benzene rings is 1. The highest BCUT2D eigenvalue weighted by Crippen LogP contribution is 2.28. The number of nitro groups is 1. The second-order valence-electron chi connectivity index (χ2n) is 5.84. The Bertz CT molecular complexity index is 472. The van der Waals surface area contributed by atoms with Gasteiger partial charge in [-0.15, -0.1) is 0 Å². The molecule has 0 heterocycles. The molecule has 1 aromatic rings. The van der Waals surface area contributed by atoms with Crippen LogP contribution in [0.3, 0.4) is 0 Å². The Hall–Kier alpha value is -1.66. The second-order valence-corrected chi connectivity index (χ2v) is 5.84. The molecule has 0 aliphatic heterocycles. The molecule has 112 valence electrons. The van der Waals surface area contributed by atoms with Crippen LogP contribution in [0.15, 0.2) is 18.2 Å². The lowest BCUT2D eigenvalue weighted by atomic mass is 9.87. The standard InChI is InChI=1S/C14H22N2O4/c1-10(18)7-14(2,3)9-15-12-6-11(8-17)4-5-13(12)16(19)20/h4-6,10,15,17-18H,7-9H2,1-3H3. The van der Waals surface area contributed by atoms with E-state index in [9.17, 15) is 15.2 Å². The van der Waals surface area contributed by atoms with E-state index in [-0.39, 0.29) is 17.7 Å². The van der Waals surface area contributed by atoms with Crippen LogP contribution in [0.1, 0.15) is 32.8 Å². The van der Waals surface area contributed by atoms with E-state index in [4.69, 9.17) is 5.11 Å². The van der Waals surface area contributed by atoms with Gasteiger partial charge in [0.1, 0.15) is 5.69 Å². The first kappa shape index (κ1) is 16.4.